The van der Waals surface area contributed by atoms with Crippen molar-refractivity contribution >= 4 is 23.0 Å². The van der Waals surface area contributed by atoms with E-state index >= 15 is 0 Å². The van der Waals surface area contributed by atoms with Crippen LogP contribution in [-0.2, 0) is 0 Å². The number of phenols is 1. The molecule has 2 rings (SSSR count). The van der Waals surface area contributed by atoms with Crippen LogP contribution in [0.25, 0.3) is 0 Å². The lowest BCUT2D eigenvalue weighted by atomic mass is 10.3. The van der Waals surface area contributed by atoms with Crippen LogP contribution in [0.2, 0.25) is 5.02 Å². The molecule has 0 aliphatic carbocycles. The monoisotopic (exact) mass is 232 g/mol. The molecule has 0 bridgehead atoms. The van der Waals surface area contributed by atoms with E-state index in [1.54, 1.807) is 12.1 Å². The number of rotatable bonds is 2. The van der Waals surface area contributed by atoms with E-state index in [1.807, 2.05) is 30.3 Å². The van der Waals surface area contributed by atoms with Crippen molar-refractivity contribution in [2.45, 2.75) is 0 Å². The Morgan fingerprint density at radius 3 is 2.25 bits per heavy atom. The lowest BCUT2D eigenvalue weighted by Crippen LogP contribution is -1.68. The number of phenolic OH excluding ortho intramolecular Hbond substituents is 1. The van der Waals surface area contributed by atoms with Crippen LogP contribution < -0.4 is 0 Å². The van der Waals surface area contributed by atoms with Gasteiger partial charge in [-0.3, -0.25) is 0 Å². The smallest absolute Gasteiger partial charge is 0.134 e. The topological polar surface area (TPSA) is 45.0 Å². The van der Waals surface area contributed by atoms with Gasteiger partial charge in [-0.15, -0.1) is 0 Å². The molecule has 2 aromatic carbocycles. The molecule has 0 aliphatic heterocycles. The van der Waals surface area contributed by atoms with Gasteiger partial charge in [-0.05, 0) is 30.3 Å². The summed E-state index contributed by atoms with van der Waals surface area (Å²) in [4.78, 5) is 0. The van der Waals surface area contributed by atoms with Gasteiger partial charge < -0.3 is 5.11 Å². The van der Waals surface area contributed by atoms with Crippen molar-refractivity contribution in [1.82, 2.24) is 0 Å². The van der Waals surface area contributed by atoms with E-state index in [4.69, 9.17) is 11.6 Å². The maximum atomic E-state index is 9.22. The first-order valence-corrected chi connectivity index (χ1v) is 5.09. The first-order chi connectivity index (χ1) is 7.75. The second-order valence-electron chi connectivity index (χ2n) is 3.17. The molecule has 3 nitrogen and oxygen atoms in total. The molecular formula is C12H9ClN2O. The van der Waals surface area contributed by atoms with E-state index in [0.29, 0.717) is 5.69 Å². The third-order valence-corrected chi connectivity index (χ3v) is 2.27. The van der Waals surface area contributed by atoms with E-state index in [9.17, 15) is 5.11 Å². The Morgan fingerprint density at radius 1 is 0.875 bits per heavy atom. The molecule has 0 fully saturated rings. The Balaban J connectivity index is 2.21. The third-order valence-electron chi connectivity index (χ3n) is 1.97. The van der Waals surface area contributed by atoms with Gasteiger partial charge in [0.1, 0.15) is 5.75 Å². The Hall–Kier alpha value is -1.87. The molecule has 0 amide bonds. The van der Waals surface area contributed by atoms with Crippen LogP contribution >= 0.6 is 11.6 Å². The highest BCUT2D eigenvalue weighted by atomic mass is 35.5. The van der Waals surface area contributed by atoms with Gasteiger partial charge in [-0.2, -0.15) is 10.2 Å². The normalized spacial score (nSPS) is 10.8. The van der Waals surface area contributed by atoms with Crippen molar-refractivity contribution in [3.63, 3.8) is 0 Å². The molecule has 0 unspecified atom stereocenters. The molecule has 0 atom stereocenters. The highest BCUT2D eigenvalue weighted by Gasteiger charge is 1.98. The van der Waals surface area contributed by atoms with E-state index < -0.39 is 0 Å². The fourth-order valence-electron chi connectivity index (χ4n) is 1.17. The number of aromatic hydroxyl groups is 1. The third kappa shape index (κ3) is 2.58. The van der Waals surface area contributed by atoms with Crippen LogP contribution in [0.3, 0.4) is 0 Å². The predicted octanol–water partition coefficient (Wildman–Crippen LogP) is 4.46. The molecule has 80 valence electrons. The second kappa shape index (κ2) is 4.77. The first-order valence-electron chi connectivity index (χ1n) is 4.71. The number of nitrogens with zero attached hydrogens (tertiary/aromatic N) is 2. The maximum Gasteiger partial charge on any atom is 0.134 e. The highest BCUT2D eigenvalue weighted by molar-refractivity contribution is 6.32. The van der Waals surface area contributed by atoms with E-state index in [-0.39, 0.29) is 10.8 Å². The molecule has 0 heterocycles. The number of hydrogen-bond acceptors (Lipinski definition) is 3. The molecule has 0 saturated heterocycles. The predicted molar refractivity (Wildman–Crippen MR) is 63.7 cm³/mol. The van der Waals surface area contributed by atoms with Gasteiger partial charge in [0.25, 0.3) is 0 Å². The van der Waals surface area contributed by atoms with E-state index in [1.165, 1.54) is 6.07 Å². The number of hydrogen-bond donors (Lipinski definition) is 1. The van der Waals surface area contributed by atoms with Crippen LogP contribution in [0, 0.1) is 0 Å². The zero-order chi connectivity index (χ0) is 11.4. The average Bonchev–Trinajstić information content (AvgIpc) is 2.32. The molecular weight excluding hydrogens is 224 g/mol. The molecule has 4 heteroatoms. The van der Waals surface area contributed by atoms with Gasteiger partial charge in [0.2, 0.25) is 0 Å². The minimum atomic E-state index is 0.0420. The van der Waals surface area contributed by atoms with Gasteiger partial charge in [-0.25, -0.2) is 0 Å². The van der Waals surface area contributed by atoms with Crippen molar-refractivity contribution in [2.24, 2.45) is 10.2 Å². The Kier molecular flexibility index (Phi) is 3.17. The zero-order valence-corrected chi connectivity index (χ0v) is 9.09. The Morgan fingerprint density at radius 2 is 1.56 bits per heavy atom. The molecule has 0 aromatic heterocycles. The van der Waals surface area contributed by atoms with Crippen molar-refractivity contribution in [3.05, 3.63) is 53.6 Å². The van der Waals surface area contributed by atoms with Crippen molar-refractivity contribution in [1.29, 1.82) is 0 Å². The SMILES string of the molecule is Oc1ccc(N=Nc2ccccc2)cc1Cl. The average molecular weight is 233 g/mol. The van der Waals surface area contributed by atoms with Crippen molar-refractivity contribution in [3.8, 4) is 5.75 Å². The summed E-state index contributed by atoms with van der Waals surface area (Å²) in [6.45, 7) is 0. The summed E-state index contributed by atoms with van der Waals surface area (Å²) >= 11 is 5.74. The highest BCUT2D eigenvalue weighted by Crippen LogP contribution is 2.28. The largest absolute Gasteiger partial charge is 0.506 e. The Labute approximate surface area is 98.0 Å². The fraction of sp³-hybridized carbons (Fsp3) is 0. The Bertz CT molecular complexity index is 512. The summed E-state index contributed by atoms with van der Waals surface area (Å²) in [5.74, 6) is 0.0420. The van der Waals surface area contributed by atoms with Crippen LogP contribution in [0.15, 0.2) is 58.8 Å². The van der Waals surface area contributed by atoms with Crippen LogP contribution in [-0.4, -0.2) is 5.11 Å². The summed E-state index contributed by atoms with van der Waals surface area (Å²) in [6, 6.07) is 14.1. The lowest BCUT2D eigenvalue weighted by Gasteiger charge is -1.96. The van der Waals surface area contributed by atoms with Crippen LogP contribution in [0.5, 0.6) is 5.75 Å². The summed E-state index contributed by atoms with van der Waals surface area (Å²) in [7, 11) is 0. The summed E-state index contributed by atoms with van der Waals surface area (Å²) in [6.07, 6.45) is 0. The van der Waals surface area contributed by atoms with Crippen molar-refractivity contribution in [2.75, 3.05) is 0 Å². The molecule has 16 heavy (non-hydrogen) atoms. The summed E-state index contributed by atoms with van der Waals surface area (Å²) < 4.78 is 0. The van der Waals surface area contributed by atoms with Gasteiger partial charge in [0.15, 0.2) is 0 Å². The summed E-state index contributed by atoms with van der Waals surface area (Å²) in [5.41, 5.74) is 1.37. The quantitative estimate of drug-likeness (QED) is 0.764. The lowest BCUT2D eigenvalue weighted by molar-refractivity contribution is 0.475. The number of halogens is 1. The molecule has 0 spiro atoms. The molecule has 0 aliphatic rings. The standard InChI is InChI=1S/C12H9ClN2O/c13-11-8-10(6-7-12(11)16)15-14-9-4-2-1-3-5-9/h1-8,16H. The summed E-state index contributed by atoms with van der Waals surface area (Å²) in [5, 5.41) is 17.5. The zero-order valence-electron chi connectivity index (χ0n) is 8.34. The van der Waals surface area contributed by atoms with Crippen LogP contribution in [0.4, 0.5) is 11.4 Å². The fourth-order valence-corrected chi connectivity index (χ4v) is 1.34. The van der Waals surface area contributed by atoms with Crippen LogP contribution in [0.1, 0.15) is 0 Å². The maximum absolute atomic E-state index is 9.22. The molecule has 1 N–H and O–H groups in total. The number of benzene rings is 2. The van der Waals surface area contributed by atoms with Crippen molar-refractivity contribution < 1.29 is 5.11 Å². The first kappa shape index (κ1) is 10.6. The van der Waals surface area contributed by atoms with E-state index in [2.05, 4.69) is 10.2 Å². The molecule has 2 aromatic rings. The minimum Gasteiger partial charge on any atom is -0.506 e. The van der Waals surface area contributed by atoms with Gasteiger partial charge in [0, 0.05) is 0 Å². The van der Waals surface area contributed by atoms with Gasteiger partial charge >= 0.3 is 0 Å². The molecule has 0 radical (unpaired) electrons. The minimum absolute atomic E-state index is 0.0420. The van der Waals surface area contributed by atoms with Gasteiger partial charge in [-0.1, -0.05) is 29.8 Å². The molecule has 0 saturated carbocycles. The second-order valence-corrected chi connectivity index (χ2v) is 3.58. The van der Waals surface area contributed by atoms with E-state index in [0.717, 1.165) is 5.69 Å². The number of azo groups is 1. The van der Waals surface area contributed by atoms with Gasteiger partial charge in [0.05, 0.1) is 16.4 Å².